The molecule has 0 atom stereocenters. The fourth-order valence-corrected chi connectivity index (χ4v) is 3.19. The first kappa shape index (κ1) is 21.9. The third kappa shape index (κ3) is 4.64. The summed E-state index contributed by atoms with van der Waals surface area (Å²) in [6.45, 7) is 1.77. The number of hydrogen-bond donors (Lipinski definition) is 2. The maximum Gasteiger partial charge on any atom is 0.416 e. The fourth-order valence-electron chi connectivity index (χ4n) is 3.19. The highest BCUT2D eigenvalue weighted by atomic mass is 19.4. The van der Waals surface area contributed by atoms with E-state index in [0.717, 1.165) is 12.1 Å². The zero-order chi connectivity index (χ0) is 23.8. The van der Waals surface area contributed by atoms with Gasteiger partial charge in [0.15, 0.2) is 5.82 Å². The van der Waals surface area contributed by atoms with Crippen molar-refractivity contribution in [2.45, 2.75) is 13.1 Å². The molecule has 3 N–H and O–H groups in total. The standard InChI is InChI=1S/C23H16F3N5O2/c1-12-8-13(21-29-11-15-9-16(23(24,25)26)3-5-18(15)30-21)2-4-17(12)31-22(33)14-6-7-28-19(10-14)20(27)32/h2-11H,1H3,(H2,27,32)(H,31,33). The van der Waals surface area contributed by atoms with Crippen molar-refractivity contribution in [1.29, 1.82) is 0 Å². The van der Waals surface area contributed by atoms with Crippen molar-refractivity contribution in [3.63, 3.8) is 0 Å². The number of carbonyl (C=O) groups excluding carboxylic acids is 2. The molecular formula is C23H16F3N5O2. The molecule has 4 rings (SSSR count). The van der Waals surface area contributed by atoms with E-state index in [0.29, 0.717) is 28.2 Å². The average molecular weight is 451 g/mol. The topological polar surface area (TPSA) is 111 Å². The normalized spacial score (nSPS) is 11.4. The van der Waals surface area contributed by atoms with Crippen molar-refractivity contribution in [2.75, 3.05) is 5.32 Å². The number of fused-ring (bicyclic) bond motifs is 1. The minimum absolute atomic E-state index is 0.0227. The number of aromatic nitrogens is 3. The first-order valence-corrected chi connectivity index (χ1v) is 9.64. The summed E-state index contributed by atoms with van der Waals surface area (Å²) in [5, 5.41) is 3.03. The van der Waals surface area contributed by atoms with Crippen LogP contribution in [0.1, 0.15) is 32.0 Å². The lowest BCUT2D eigenvalue weighted by molar-refractivity contribution is -0.137. The van der Waals surface area contributed by atoms with E-state index >= 15 is 0 Å². The Morgan fingerprint density at radius 1 is 1.00 bits per heavy atom. The third-order valence-corrected chi connectivity index (χ3v) is 4.91. The van der Waals surface area contributed by atoms with Crippen LogP contribution in [0.2, 0.25) is 0 Å². The Kier molecular flexibility index (Phi) is 5.50. The molecule has 0 radical (unpaired) electrons. The molecule has 2 heterocycles. The van der Waals surface area contributed by atoms with Gasteiger partial charge in [-0.15, -0.1) is 0 Å². The molecule has 0 aliphatic carbocycles. The number of benzene rings is 2. The Morgan fingerprint density at radius 3 is 2.48 bits per heavy atom. The van der Waals surface area contributed by atoms with Crippen molar-refractivity contribution in [2.24, 2.45) is 5.73 Å². The number of rotatable bonds is 4. The predicted octanol–water partition coefficient (Wildman–Crippen LogP) is 4.37. The molecular weight excluding hydrogens is 435 g/mol. The van der Waals surface area contributed by atoms with E-state index in [1.165, 1.54) is 30.6 Å². The number of nitrogens with zero attached hydrogens (tertiary/aromatic N) is 3. The zero-order valence-electron chi connectivity index (χ0n) is 17.1. The van der Waals surface area contributed by atoms with Gasteiger partial charge in [-0.1, -0.05) is 0 Å². The Hall–Kier alpha value is -4.34. The molecule has 0 aliphatic rings. The van der Waals surface area contributed by atoms with Crippen LogP contribution < -0.4 is 11.1 Å². The number of primary amides is 1. The first-order chi connectivity index (χ1) is 15.6. The molecule has 10 heteroatoms. The van der Waals surface area contributed by atoms with Crippen LogP contribution in [-0.2, 0) is 6.18 Å². The summed E-state index contributed by atoms with van der Waals surface area (Å²) in [6.07, 6.45) is -1.78. The molecule has 0 saturated heterocycles. The lowest BCUT2D eigenvalue weighted by atomic mass is 10.1. The van der Waals surface area contributed by atoms with Gasteiger partial charge < -0.3 is 11.1 Å². The number of hydrogen-bond acceptors (Lipinski definition) is 5. The first-order valence-electron chi connectivity index (χ1n) is 9.64. The van der Waals surface area contributed by atoms with Gasteiger partial charge in [-0.05, 0) is 61.0 Å². The van der Waals surface area contributed by atoms with Gasteiger partial charge in [0.1, 0.15) is 5.69 Å². The van der Waals surface area contributed by atoms with Gasteiger partial charge >= 0.3 is 6.18 Å². The van der Waals surface area contributed by atoms with E-state index < -0.39 is 23.6 Å². The molecule has 33 heavy (non-hydrogen) atoms. The number of carbonyl (C=O) groups is 2. The van der Waals surface area contributed by atoms with Crippen LogP contribution in [0.15, 0.2) is 60.9 Å². The van der Waals surface area contributed by atoms with Crippen molar-refractivity contribution in [3.8, 4) is 11.4 Å². The molecule has 0 aliphatic heterocycles. The van der Waals surface area contributed by atoms with Gasteiger partial charge in [-0.2, -0.15) is 13.2 Å². The Bertz CT molecular complexity index is 1400. The molecule has 0 bridgehead atoms. The molecule has 166 valence electrons. The van der Waals surface area contributed by atoms with E-state index in [1.54, 1.807) is 25.1 Å². The van der Waals surface area contributed by atoms with Crippen molar-refractivity contribution >= 4 is 28.4 Å². The summed E-state index contributed by atoms with van der Waals surface area (Å²) in [7, 11) is 0. The highest BCUT2D eigenvalue weighted by Gasteiger charge is 2.30. The summed E-state index contributed by atoms with van der Waals surface area (Å²) in [5.74, 6) is -0.850. The van der Waals surface area contributed by atoms with E-state index in [4.69, 9.17) is 5.73 Å². The highest BCUT2D eigenvalue weighted by Crippen LogP contribution is 2.31. The van der Waals surface area contributed by atoms with Crippen molar-refractivity contribution in [1.82, 2.24) is 15.0 Å². The summed E-state index contributed by atoms with van der Waals surface area (Å²) < 4.78 is 38.7. The highest BCUT2D eigenvalue weighted by molar-refractivity contribution is 6.06. The van der Waals surface area contributed by atoms with Gasteiger partial charge in [-0.25, -0.2) is 9.97 Å². The number of pyridine rings is 1. The SMILES string of the molecule is Cc1cc(-c2ncc3cc(C(F)(F)F)ccc3n2)ccc1NC(=O)c1ccnc(C(N)=O)c1. The summed E-state index contributed by atoms with van der Waals surface area (Å²) in [5.41, 5.74) is 6.88. The second-order valence-corrected chi connectivity index (χ2v) is 7.24. The molecule has 0 spiro atoms. The van der Waals surface area contributed by atoms with E-state index in [9.17, 15) is 22.8 Å². The summed E-state index contributed by atoms with van der Waals surface area (Å²) >= 11 is 0. The van der Waals surface area contributed by atoms with Crippen LogP contribution in [0.5, 0.6) is 0 Å². The van der Waals surface area contributed by atoms with Gasteiger partial charge in [0, 0.05) is 34.6 Å². The molecule has 2 aromatic carbocycles. The maximum atomic E-state index is 12.9. The number of nitrogens with one attached hydrogen (secondary N) is 1. The zero-order valence-corrected chi connectivity index (χ0v) is 17.1. The van der Waals surface area contributed by atoms with E-state index in [1.807, 2.05) is 0 Å². The average Bonchev–Trinajstić information content (AvgIpc) is 2.79. The number of alkyl halides is 3. The Labute approximate surface area is 185 Å². The molecule has 0 saturated carbocycles. The maximum absolute atomic E-state index is 12.9. The fraction of sp³-hybridized carbons (Fsp3) is 0.0870. The van der Waals surface area contributed by atoms with Crippen molar-refractivity contribution < 1.29 is 22.8 Å². The molecule has 0 fully saturated rings. The molecule has 0 unspecified atom stereocenters. The molecule has 7 nitrogen and oxygen atoms in total. The van der Waals surface area contributed by atoms with Crippen molar-refractivity contribution in [3.05, 3.63) is 83.3 Å². The smallest absolute Gasteiger partial charge is 0.364 e. The minimum Gasteiger partial charge on any atom is -0.364 e. The Balaban J connectivity index is 1.58. The van der Waals surface area contributed by atoms with E-state index in [2.05, 4.69) is 20.3 Å². The molecule has 2 amide bonds. The largest absolute Gasteiger partial charge is 0.416 e. The third-order valence-electron chi connectivity index (χ3n) is 4.91. The minimum atomic E-state index is -4.44. The number of amides is 2. The quantitative estimate of drug-likeness (QED) is 0.479. The van der Waals surface area contributed by atoms with Crippen LogP contribution in [-0.4, -0.2) is 26.8 Å². The number of aryl methyl sites for hydroxylation is 1. The van der Waals surface area contributed by atoms with Crippen LogP contribution in [0.3, 0.4) is 0 Å². The summed E-state index contributed by atoms with van der Waals surface area (Å²) in [6, 6.07) is 11.2. The second-order valence-electron chi connectivity index (χ2n) is 7.24. The number of halogens is 3. The monoisotopic (exact) mass is 451 g/mol. The molecule has 4 aromatic rings. The number of anilines is 1. The van der Waals surface area contributed by atoms with Gasteiger partial charge in [0.25, 0.3) is 11.8 Å². The summed E-state index contributed by atoms with van der Waals surface area (Å²) in [4.78, 5) is 36.2. The van der Waals surface area contributed by atoms with Crippen LogP contribution in [0.4, 0.5) is 18.9 Å². The van der Waals surface area contributed by atoms with Crippen LogP contribution >= 0.6 is 0 Å². The van der Waals surface area contributed by atoms with E-state index in [-0.39, 0.29) is 16.6 Å². The lowest BCUT2D eigenvalue weighted by Gasteiger charge is -2.11. The van der Waals surface area contributed by atoms with Gasteiger partial charge in [0.05, 0.1) is 11.1 Å². The van der Waals surface area contributed by atoms with Crippen LogP contribution in [0, 0.1) is 6.92 Å². The lowest BCUT2D eigenvalue weighted by Crippen LogP contribution is -2.17. The van der Waals surface area contributed by atoms with Gasteiger partial charge in [-0.3, -0.25) is 14.6 Å². The Morgan fingerprint density at radius 2 is 1.79 bits per heavy atom. The van der Waals surface area contributed by atoms with Crippen LogP contribution in [0.25, 0.3) is 22.3 Å². The predicted molar refractivity (Wildman–Crippen MR) is 115 cm³/mol. The van der Waals surface area contributed by atoms with Gasteiger partial charge in [0.2, 0.25) is 0 Å². The number of nitrogens with two attached hydrogens (primary N) is 1. The second kappa shape index (κ2) is 8.30. The molecule has 2 aromatic heterocycles.